The van der Waals surface area contributed by atoms with Gasteiger partial charge in [0.25, 0.3) is 5.69 Å². The van der Waals surface area contributed by atoms with Crippen molar-refractivity contribution in [3.05, 3.63) is 139 Å². The number of nitro groups is 1. The molecule has 46 heavy (non-hydrogen) atoms. The second kappa shape index (κ2) is 14.6. The summed E-state index contributed by atoms with van der Waals surface area (Å²) in [7, 11) is 1.22. The summed E-state index contributed by atoms with van der Waals surface area (Å²) in [5.41, 5.74) is 2.26. The number of allylic oxidation sites excluding steroid dienone is 2. The molecule has 0 saturated heterocycles. The maximum atomic E-state index is 13.9. The lowest BCUT2D eigenvalue weighted by Crippen LogP contribution is -2.42. The summed E-state index contributed by atoms with van der Waals surface area (Å²) in [6.07, 6.45) is 0.583. The van der Waals surface area contributed by atoms with E-state index in [0.717, 1.165) is 11.1 Å². The molecule has 1 heterocycles. The minimum atomic E-state index is -1.19. The van der Waals surface area contributed by atoms with Crippen molar-refractivity contribution >= 4 is 17.6 Å². The molecule has 1 N–H and O–H groups in total. The smallest absolute Gasteiger partial charge is 0.337 e. The molecule has 1 atom stereocenters. The lowest BCUT2D eigenvalue weighted by molar-refractivity contribution is -0.384. The summed E-state index contributed by atoms with van der Waals surface area (Å²) in [5.74, 6) is -2.44. The molecule has 0 bridgehead atoms. The summed E-state index contributed by atoms with van der Waals surface area (Å²) in [6.45, 7) is 6.97. The van der Waals surface area contributed by atoms with E-state index in [0.29, 0.717) is 29.9 Å². The van der Waals surface area contributed by atoms with Crippen LogP contribution in [0.15, 0.2) is 113 Å². The first-order valence-corrected chi connectivity index (χ1v) is 14.9. The SMILES string of the molecule is COC(=O)C1=C(C)NC(C)=C(C(=O)OC(C)(C)CN(CCC(c2ccccc2)c2ccccc2)N=O)C1c1cccc([N+](=O)[O-])c1. The number of hydrogen-bond acceptors (Lipinski definition) is 9. The van der Waals surface area contributed by atoms with Crippen LogP contribution in [0.25, 0.3) is 0 Å². The average molecular weight is 627 g/mol. The summed E-state index contributed by atoms with van der Waals surface area (Å²) in [4.78, 5) is 50.0. The van der Waals surface area contributed by atoms with Gasteiger partial charge < -0.3 is 14.8 Å². The Kier molecular flexibility index (Phi) is 10.7. The Morgan fingerprint density at radius 3 is 2.02 bits per heavy atom. The van der Waals surface area contributed by atoms with Gasteiger partial charge in [0.1, 0.15) is 5.60 Å². The van der Waals surface area contributed by atoms with Crippen LogP contribution in [-0.4, -0.2) is 47.7 Å². The average Bonchev–Trinajstić information content (AvgIpc) is 3.04. The number of non-ortho nitro benzene ring substituents is 1. The molecule has 11 nitrogen and oxygen atoms in total. The van der Waals surface area contributed by atoms with Crippen LogP contribution in [0.5, 0.6) is 0 Å². The van der Waals surface area contributed by atoms with Crippen molar-refractivity contribution < 1.29 is 24.0 Å². The van der Waals surface area contributed by atoms with Crippen molar-refractivity contribution in [3.63, 3.8) is 0 Å². The van der Waals surface area contributed by atoms with Crippen molar-refractivity contribution in [1.29, 1.82) is 0 Å². The Hall–Kier alpha value is -5.32. The highest BCUT2D eigenvalue weighted by atomic mass is 16.6. The minimum absolute atomic E-state index is 0.00149. The van der Waals surface area contributed by atoms with Gasteiger partial charge in [-0.25, -0.2) is 9.59 Å². The zero-order valence-electron chi connectivity index (χ0n) is 26.6. The highest BCUT2D eigenvalue weighted by molar-refractivity contribution is 6.00. The van der Waals surface area contributed by atoms with Crippen LogP contribution in [0, 0.1) is 15.0 Å². The van der Waals surface area contributed by atoms with E-state index in [9.17, 15) is 24.6 Å². The fraction of sp³-hybridized carbons (Fsp3) is 0.314. The molecule has 3 aromatic rings. The zero-order chi connectivity index (χ0) is 33.4. The molecule has 1 aliphatic heterocycles. The van der Waals surface area contributed by atoms with Crippen molar-refractivity contribution in [2.75, 3.05) is 20.2 Å². The van der Waals surface area contributed by atoms with Gasteiger partial charge in [0.2, 0.25) is 0 Å². The number of dihydropyridines is 1. The number of methoxy groups -OCH3 is 1. The standard InChI is InChI=1S/C35H38N4O7/c1-23-30(33(40)45-5)32(27-17-12-18-28(21-27)39(43)44)31(24(2)36-23)34(41)46-35(3,4)22-38(37-42)20-19-29(25-13-8-6-9-14-25)26-15-10-7-11-16-26/h6-18,21,29,32,36H,19-20,22H2,1-5H3. The lowest BCUT2D eigenvalue weighted by atomic mass is 9.80. The maximum absolute atomic E-state index is 13.9. The number of carbonyl (C=O) groups excluding carboxylic acids is 2. The molecule has 4 rings (SSSR count). The van der Waals surface area contributed by atoms with Crippen molar-refractivity contribution in [2.45, 2.75) is 51.6 Å². The third-order valence-electron chi connectivity index (χ3n) is 7.93. The third kappa shape index (κ3) is 7.84. The Morgan fingerprint density at radius 1 is 0.935 bits per heavy atom. The number of nitro benzene ring substituents is 1. The van der Waals surface area contributed by atoms with E-state index in [2.05, 4.69) is 10.6 Å². The minimum Gasteiger partial charge on any atom is -0.466 e. The Morgan fingerprint density at radius 2 is 1.50 bits per heavy atom. The molecule has 0 saturated carbocycles. The molecule has 0 aliphatic carbocycles. The number of nitrogens with zero attached hydrogens (tertiary/aromatic N) is 3. The number of nitrogens with one attached hydrogen (secondary N) is 1. The van der Waals surface area contributed by atoms with Crippen LogP contribution in [-0.2, 0) is 19.1 Å². The van der Waals surface area contributed by atoms with E-state index in [1.165, 1.54) is 30.3 Å². The van der Waals surface area contributed by atoms with Crippen LogP contribution in [0.3, 0.4) is 0 Å². The van der Waals surface area contributed by atoms with E-state index in [1.54, 1.807) is 33.8 Å². The van der Waals surface area contributed by atoms with Gasteiger partial charge in [-0.15, -0.1) is 4.91 Å². The molecule has 240 valence electrons. The molecule has 1 aliphatic rings. The topological polar surface area (TPSA) is 140 Å². The Bertz CT molecular complexity index is 1610. The van der Waals surface area contributed by atoms with Crippen molar-refractivity contribution in [2.24, 2.45) is 5.29 Å². The van der Waals surface area contributed by atoms with Gasteiger partial charge in [0.15, 0.2) is 0 Å². The second-order valence-electron chi connectivity index (χ2n) is 11.8. The van der Waals surface area contributed by atoms with Crippen LogP contribution in [0.2, 0.25) is 0 Å². The molecule has 0 radical (unpaired) electrons. The van der Waals surface area contributed by atoms with E-state index >= 15 is 0 Å². The first-order chi connectivity index (χ1) is 22.0. The van der Waals surface area contributed by atoms with Crippen molar-refractivity contribution in [3.8, 4) is 0 Å². The van der Waals surface area contributed by atoms with Gasteiger partial charge in [-0.2, -0.15) is 0 Å². The molecule has 3 aromatic carbocycles. The third-order valence-corrected chi connectivity index (χ3v) is 7.93. The monoisotopic (exact) mass is 626 g/mol. The predicted molar refractivity (Wildman–Crippen MR) is 173 cm³/mol. The van der Waals surface area contributed by atoms with Gasteiger partial charge in [-0.05, 0) is 50.8 Å². The fourth-order valence-corrected chi connectivity index (χ4v) is 5.90. The number of rotatable bonds is 13. The molecular weight excluding hydrogens is 588 g/mol. The molecule has 0 aromatic heterocycles. The summed E-state index contributed by atoms with van der Waals surface area (Å²) in [5, 5.41) is 19.2. The first kappa shape index (κ1) is 33.6. The van der Waals surface area contributed by atoms with Crippen LogP contribution in [0.4, 0.5) is 5.69 Å². The number of hydrogen-bond donors (Lipinski definition) is 1. The van der Waals surface area contributed by atoms with Gasteiger partial charge in [-0.1, -0.05) is 72.8 Å². The first-order valence-electron chi connectivity index (χ1n) is 14.9. The molecular formula is C35H38N4O7. The van der Waals surface area contributed by atoms with E-state index in [1.807, 2.05) is 60.7 Å². The maximum Gasteiger partial charge on any atom is 0.337 e. The molecule has 0 spiro atoms. The highest BCUT2D eigenvalue weighted by Gasteiger charge is 2.40. The number of ether oxygens (including phenoxy) is 2. The molecule has 0 amide bonds. The zero-order valence-corrected chi connectivity index (χ0v) is 26.6. The van der Waals surface area contributed by atoms with E-state index in [4.69, 9.17) is 9.47 Å². The van der Waals surface area contributed by atoms with Gasteiger partial charge in [-0.3, -0.25) is 15.1 Å². The quantitative estimate of drug-likeness (QED) is 0.0970. The lowest BCUT2D eigenvalue weighted by Gasteiger charge is -2.34. The van der Waals surface area contributed by atoms with Gasteiger partial charge in [0, 0.05) is 36.0 Å². The number of nitroso groups, excluding NO2 is 1. The molecule has 0 fully saturated rings. The second-order valence-corrected chi connectivity index (χ2v) is 11.8. The largest absolute Gasteiger partial charge is 0.466 e. The normalized spacial score (nSPS) is 14.9. The van der Waals surface area contributed by atoms with Crippen LogP contribution >= 0.6 is 0 Å². The van der Waals surface area contributed by atoms with Gasteiger partial charge >= 0.3 is 11.9 Å². The number of benzene rings is 3. The number of carbonyl (C=O) groups is 2. The Balaban J connectivity index is 1.57. The number of esters is 2. The predicted octanol–water partition coefficient (Wildman–Crippen LogP) is 6.53. The molecule has 11 heteroatoms. The van der Waals surface area contributed by atoms with Crippen LogP contribution < -0.4 is 5.32 Å². The van der Waals surface area contributed by atoms with Crippen LogP contribution in [0.1, 0.15) is 62.6 Å². The van der Waals surface area contributed by atoms with Gasteiger partial charge in [0.05, 0.1) is 40.9 Å². The highest BCUT2D eigenvalue weighted by Crippen LogP contribution is 2.40. The van der Waals surface area contributed by atoms with E-state index in [-0.39, 0.29) is 29.3 Å². The summed E-state index contributed by atoms with van der Waals surface area (Å²) >= 11 is 0. The molecule has 1 unspecified atom stereocenters. The Labute approximate surface area is 268 Å². The van der Waals surface area contributed by atoms with Crippen molar-refractivity contribution in [1.82, 2.24) is 10.3 Å². The summed E-state index contributed by atoms with van der Waals surface area (Å²) in [6, 6.07) is 25.8. The van der Waals surface area contributed by atoms with E-state index < -0.39 is 28.4 Å². The summed E-state index contributed by atoms with van der Waals surface area (Å²) < 4.78 is 11.0. The fourth-order valence-electron chi connectivity index (χ4n) is 5.90.